The third kappa shape index (κ3) is 2.50. The Bertz CT molecular complexity index is 923. The average molecular weight is 311 g/mol. The predicted molar refractivity (Wildman–Crippen MR) is 100 cm³/mol. The summed E-state index contributed by atoms with van der Waals surface area (Å²) in [4.78, 5) is 12.3. The molecule has 0 spiro atoms. The molecule has 0 aliphatic rings. The van der Waals surface area contributed by atoms with Gasteiger partial charge in [-0.05, 0) is 11.1 Å². The average Bonchev–Trinajstić information content (AvgIpc) is 3.06. The molecule has 3 heteroatoms. The Morgan fingerprint density at radius 2 is 1.38 bits per heavy atom. The molecule has 3 aromatic carbocycles. The van der Waals surface area contributed by atoms with Crippen molar-refractivity contribution in [2.75, 3.05) is 7.05 Å². The van der Waals surface area contributed by atoms with Gasteiger partial charge in [-0.3, -0.25) is 4.99 Å². The third-order valence-corrected chi connectivity index (χ3v) is 4.08. The molecule has 0 unspecified atom stereocenters. The predicted octanol–water partition coefficient (Wildman–Crippen LogP) is 4.95. The number of rotatable bonds is 3. The molecule has 0 aliphatic heterocycles. The number of benzene rings is 3. The number of nitrogens with one attached hydrogen (secondary N) is 1. The number of fused-ring (bicyclic) bond motifs is 1. The molecule has 0 saturated carbocycles. The second-order valence-electron chi connectivity index (χ2n) is 5.63. The van der Waals surface area contributed by atoms with Gasteiger partial charge in [0.05, 0.1) is 17.2 Å². The Morgan fingerprint density at radius 1 is 0.792 bits per heavy atom. The molecule has 0 radical (unpaired) electrons. The Morgan fingerprint density at radius 3 is 2.00 bits per heavy atom. The number of nitrogens with zero attached hydrogens (tertiary/aromatic N) is 2. The second-order valence-corrected chi connectivity index (χ2v) is 5.63. The minimum absolute atomic E-state index is 0.771. The normalized spacial score (nSPS) is 11.4. The SMILES string of the molecule is CN=Cc1nc2c(-c3ccccc3)ccc(-c3ccccc3)c2[nH]1. The van der Waals surface area contributed by atoms with Crippen molar-refractivity contribution in [2.24, 2.45) is 4.99 Å². The van der Waals surface area contributed by atoms with Crippen LogP contribution < -0.4 is 0 Å². The first-order chi connectivity index (χ1) is 11.9. The van der Waals surface area contributed by atoms with Crippen molar-refractivity contribution in [3.63, 3.8) is 0 Å². The van der Waals surface area contributed by atoms with Crippen LogP contribution in [0, 0.1) is 0 Å². The summed E-state index contributed by atoms with van der Waals surface area (Å²) in [7, 11) is 1.75. The molecule has 0 saturated heterocycles. The first-order valence-electron chi connectivity index (χ1n) is 7.92. The van der Waals surface area contributed by atoms with Crippen LogP contribution in [-0.4, -0.2) is 23.2 Å². The second kappa shape index (κ2) is 6.13. The van der Waals surface area contributed by atoms with Crippen LogP contribution in [0.1, 0.15) is 5.82 Å². The van der Waals surface area contributed by atoms with Gasteiger partial charge >= 0.3 is 0 Å². The minimum atomic E-state index is 0.771. The molecule has 4 aromatic rings. The van der Waals surface area contributed by atoms with Crippen molar-refractivity contribution < 1.29 is 0 Å². The molecule has 0 fully saturated rings. The number of aliphatic imine (C=N–C) groups is 1. The quantitative estimate of drug-likeness (QED) is 0.535. The van der Waals surface area contributed by atoms with Crippen molar-refractivity contribution in [3.05, 3.63) is 78.6 Å². The molecule has 1 aromatic heterocycles. The van der Waals surface area contributed by atoms with E-state index in [1.54, 1.807) is 13.3 Å². The summed E-state index contributed by atoms with van der Waals surface area (Å²) in [5.41, 5.74) is 6.61. The number of H-pyrrole nitrogens is 1. The molecule has 0 amide bonds. The van der Waals surface area contributed by atoms with E-state index in [0.717, 1.165) is 33.5 Å². The van der Waals surface area contributed by atoms with E-state index in [4.69, 9.17) is 4.98 Å². The van der Waals surface area contributed by atoms with Gasteiger partial charge in [-0.25, -0.2) is 4.98 Å². The highest BCUT2D eigenvalue weighted by Crippen LogP contribution is 2.34. The van der Waals surface area contributed by atoms with Gasteiger partial charge in [0.2, 0.25) is 0 Å². The summed E-state index contributed by atoms with van der Waals surface area (Å²) in [6.45, 7) is 0. The van der Waals surface area contributed by atoms with Gasteiger partial charge in [0, 0.05) is 18.2 Å². The fourth-order valence-corrected chi connectivity index (χ4v) is 3.00. The lowest BCUT2D eigenvalue weighted by molar-refractivity contribution is 1.29. The highest BCUT2D eigenvalue weighted by molar-refractivity contribution is 6.02. The number of imidazole rings is 1. The van der Waals surface area contributed by atoms with E-state index in [1.165, 1.54) is 5.56 Å². The number of hydrogen-bond donors (Lipinski definition) is 1. The molecule has 116 valence electrons. The van der Waals surface area contributed by atoms with Crippen molar-refractivity contribution in [1.29, 1.82) is 0 Å². The largest absolute Gasteiger partial charge is 0.337 e. The molecule has 0 aliphatic carbocycles. The van der Waals surface area contributed by atoms with E-state index in [0.29, 0.717) is 0 Å². The summed E-state index contributed by atoms with van der Waals surface area (Å²) in [5, 5.41) is 0. The van der Waals surface area contributed by atoms with Gasteiger partial charge < -0.3 is 4.98 Å². The van der Waals surface area contributed by atoms with Crippen LogP contribution in [0.25, 0.3) is 33.3 Å². The van der Waals surface area contributed by atoms with E-state index in [2.05, 4.69) is 58.5 Å². The van der Waals surface area contributed by atoms with Gasteiger partial charge in [0.1, 0.15) is 5.82 Å². The van der Waals surface area contributed by atoms with E-state index in [-0.39, 0.29) is 0 Å². The first kappa shape index (κ1) is 14.4. The highest BCUT2D eigenvalue weighted by atomic mass is 14.9. The molecule has 24 heavy (non-hydrogen) atoms. The molecule has 0 bridgehead atoms. The molecule has 4 rings (SSSR count). The summed E-state index contributed by atoms with van der Waals surface area (Å²) in [6, 6.07) is 25.0. The van der Waals surface area contributed by atoms with Gasteiger partial charge in [-0.15, -0.1) is 0 Å². The Kier molecular flexibility index (Phi) is 3.67. The maximum Gasteiger partial charge on any atom is 0.149 e. The van der Waals surface area contributed by atoms with E-state index < -0.39 is 0 Å². The Hall–Kier alpha value is -3.20. The molecular weight excluding hydrogens is 294 g/mol. The van der Waals surface area contributed by atoms with Gasteiger partial charge in [0.25, 0.3) is 0 Å². The van der Waals surface area contributed by atoms with Crippen molar-refractivity contribution in [2.45, 2.75) is 0 Å². The zero-order valence-corrected chi connectivity index (χ0v) is 13.4. The van der Waals surface area contributed by atoms with Gasteiger partial charge in [0.15, 0.2) is 0 Å². The summed E-state index contributed by atoms with van der Waals surface area (Å²) in [6.07, 6.45) is 1.75. The maximum absolute atomic E-state index is 4.76. The topological polar surface area (TPSA) is 41.0 Å². The first-order valence-corrected chi connectivity index (χ1v) is 7.92. The number of aromatic nitrogens is 2. The zero-order valence-electron chi connectivity index (χ0n) is 13.4. The van der Waals surface area contributed by atoms with Crippen LogP contribution in [0.4, 0.5) is 0 Å². The van der Waals surface area contributed by atoms with Crippen LogP contribution >= 0.6 is 0 Å². The summed E-state index contributed by atoms with van der Waals surface area (Å²) >= 11 is 0. The smallest absolute Gasteiger partial charge is 0.149 e. The fraction of sp³-hybridized carbons (Fsp3) is 0.0476. The van der Waals surface area contributed by atoms with Crippen LogP contribution in [-0.2, 0) is 0 Å². The van der Waals surface area contributed by atoms with Crippen LogP contribution in [0.3, 0.4) is 0 Å². The summed E-state index contributed by atoms with van der Waals surface area (Å²) < 4.78 is 0. The lowest BCUT2D eigenvalue weighted by Gasteiger charge is -2.07. The van der Waals surface area contributed by atoms with E-state index in [9.17, 15) is 0 Å². The van der Waals surface area contributed by atoms with Crippen molar-refractivity contribution >= 4 is 17.2 Å². The lowest BCUT2D eigenvalue weighted by atomic mass is 9.98. The van der Waals surface area contributed by atoms with E-state index in [1.807, 2.05) is 24.3 Å². The Labute approximate surface area is 140 Å². The molecule has 1 heterocycles. The molecule has 1 N–H and O–H groups in total. The lowest BCUT2D eigenvalue weighted by Crippen LogP contribution is -1.85. The third-order valence-electron chi connectivity index (χ3n) is 4.08. The zero-order chi connectivity index (χ0) is 16.4. The van der Waals surface area contributed by atoms with Crippen LogP contribution in [0.2, 0.25) is 0 Å². The standard InChI is InChI=1S/C21H17N3/c1-22-14-19-23-20-17(15-8-4-2-5-9-15)12-13-18(21(20)24-19)16-10-6-3-7-11-16/h2-14H,1H3,(H,23,24). The molecular formula is C21H17N3. The Balaban J connectivity index is 2.01. The summed E-state index contributed by atoms with van der Waals surface area (Å²) in [5.74, 6) is 0.771. The number of aromatic amines is 1. The van der Waals surface area contributed by atoms with Crippen molar-refractivity contribution in [1.82, 2.24) is 9.97 Å². The number of hydrogen-bond acceptors (Lipinski definition) is 2. The van der Waals surface area contributed by atoms with E-state index >= 15 is 0 Å². The van der Waals surface area contributed by atoms with Gasteiger partial charge in [-0.2, -0.15) is 0 Å². The van der Waals surface area contributed by atoms with Crippen molar-refractivity contribution in [3.8, 4) is 22.3 Å². The van der Waals surface area contributed by atoms with Crippen LogP contribution in [0.15, 0.2) is 77.8 Å². The fourth-order valence-electron chi connectivity index (χ4n) is 3.00. The highest BCUT2D eigenvalue weighted by Gasteiger charge is 2.13. The maximum atomic E-state index is 4.76. The minimum Gasteiger partial charge on any atom is -0.337 e. The molecule has 0 atom stereocenters. The monoisotopic (exact) mass is 311 g/mol. The van der Waals surface area contributed by atoms with Gasteiger partial charge in [-0.1, -0.05) is 72.8 Å². The molecule has 3 nitrogen and oxygen atoms in total. The van der Waals surface area contributed by atoms with Crippen LogP contribution in [0.5, 0.6) is 0 Å².